The monoisotopic (exact) mass is 398 g/mol. The average Bonchev–Trinajstić information content (AvgIpc) is 2.65. The third kappa shape index (κ3) is 5.07. The first-order valence-electron chi connectivity index (χ1n) is 8.13. The van der Waals surface area contributed by atoms with E-state index in [0.717, 1.165) is 12.1 Å². The van der Waals surface area contributed by atoms with Crippen molar-refractivity contribution in [2.24, 2.45) is 0 Å². The molecule has 150 valence electrons. The minimum absolute atomic E-state index is 0.177. The van der Waals surface area contributed by atoms with E-state index in [2.05, 4.69) is 10.6 Å². The molecule has 0 saturated carbocycles. The molecule has 2 aromatic rings. The number of anilines is 1. The Kier molecular flexibility index (Phi) is 6.40. The molecule has 1 atom stereocenters. The number of hydrogen-bond donors (Lipinski definition) is 2. The maximum absolute atomic E-state index is 14.0. The molecule has 0 heterocycles. The van der Waals surface area contributed by atoms with Crippen molar-refractivity contribution < 1.29 is 31.9 Å². The van der Waals surface area contributed by atoms with Gasteiger partial charge in [-0.15, -0.1) is 0 Å². The van der Waals surface area contributed by atoms with Crippen LogP contribution < -0.4 is 10.6 Å². The van der Waals surface area contributed by atoms with Crippen LogP contribution in [-0.4, -0.2) is 25.5 Å². The van der Waals surface area contributed by atoms with Crippen LogP contribution in [0.25, 0.3) is 0 Å². The lowest BCUT2D eigenvalue weighted by Crippen LogP contribution is -2.44. The molecule has 5 nitrogen and oxygen atoms in total. The van der Waals surface area contributed by atoms with E-state index >= 15 is 0 Å². The zero-order chi connectivity index (χ0) is 20.9. The average molecular weight is 398 g/mol. The topological polar surface area (TPSA) is 67.4 Å². The summed E-state index contributed by atoms with van der Waals surface area (Å²) in [5.41, 5.74) is -2.22. The third-order valence-electron chi connectivity index (χ3n) is 4.13. The number of carbonyl (C=O) groups excluding carboxylic acids is 2. The van der Waals surface area contributed by atoms with Crippen molar-refractivity contribution in [1.29, 1.82) is 0 Å². The van der Waals surface area contributed by atoms with Crippen LogP contribution in [0.4, 0.5) is 23.2 Å². The van der Waals surface area contributed by atoms with E-state index in [4.69, 9.17) is 4.74 Å². The first-order valence-corrected chi connectivity index (χ1v) is 8.13. The van der Waals surface area contributed by atoms with Crippen LogP contribution in [0.1, 0.15) is 18.1 Å². The number of halogens is 4. The molecule has 0 radical (unpaired) electrons. The van der Waals surface area contributed by atoms with E-state index in [9.17, 15) is 27.2 Å². The maximum atomic E-state index is 14.0. The largest absolute Gasteiger partial charge is 0.416 e. The van der Waals surface area contributed by atoms with Crippen LogP contribution in [0.15, 0.2) is 48.5 Å². The first kappa shape index (κ1) is 21.4. The van der Waals surface area contributed by atoms with Crippen molar-refractivity contribution >= 4 is 17.5 Å². The zero-order valence-electron chi connectivity index (χ0n) is 15.1. The van der Waals surface area contributed by atoms with Gasteiger partial charge in [-0.25, -0.2) is 4.39 Å². The molecule has 0 aromatic heterocycles. The van der Waals surface area contributed by atoms with Gasteiger partial charge in [-0.05, 0) is 31.2 Å². The smallest absolute Gasteiger partial charge is 0.372 e. The van der Waals surface area contributed by atoms with Gasteiger partial charge in [0.2, 0.25) is 0 Å². The summed E-state index contributed by atoms with van der Waals surface area (Å²) in [6.45, 7) is 1.29. The standard InChI is InChI=1S/C19H18F4N2O3/c1-18(28-2,14-8-3-4-9-15(14)20)11-24-16(26)17(27)25-13-7-5-6-12(10-13)19(21,22)23/h3-10H,11H2,1-2H3,(H,24,26)(H,25,27)/t18-/m1/s1. The van der Waals surface area contributed by atoms with Crippen molar-refractivity contribution in [2.45, 2.75) is 18.7 Å². The summed E-state index contributed by atoms with van der Waals surface area (Å²) in [6, 6.07) is 9.68. The Labute approximate surface area is 158 Å². The number of methoxy groups -OCH3 is 1. The number of benzene rings is 2. The fraction of sp³-hybridized carbons (Fsp3) is 0.263. The number of nitrogens with one attached hydrogen (secondary N) is 2. The summed E-state index contributed by atoms with van der Waals surface area (Å²) in [4.78, 5) is 24.0. The number of rotatable bonds is 5. The predicted octanol–water partition coefficient (Wildman–Crippen LogP) is 3.46. The predicted molar refractivity (Wildman–Crippen MR) is 93.8 cm³/mol. The number of hydrogen-bond acceptors (Lipinski definition) is 3. The van der Waals surface area contributed by atoms with Gasteiger partial charge in [-0.3, -0.25) is 9.59 Å². The van der Waals surface area contributed by atoms with Gasteiger partial charge in [0.25, 0.3) is 0 Å². The Morgan fingerprint density at radius 3 is 2.32 bits per heavy atom. The van der Waals surface area contributed by atoms with Gasteiger partial charge >= 0.3 is 18.0 Å². The summed E-state index contributed by atoms with van der Waals surface area (Å²) in [6.07, 6.45) is -4.58. The van der Waals surface area contributed by atoms with Crippen LogP contribution in [0, 0.1) is 5.82 Å². The minimum Gasteiger partial charge on any atom is -0.372 e. The first-order chi connectivity index (χ1) is 13.1. The number of amides is 2. The van der Waals surface area contributed by atoms with Crippen molar-refractivity contribution in [1.82, 2.24) is 5.32 Å². The molecule has 2 aromatic carbocycles. The second-order valence-corrected chi connectivity index (χ2v) is 6.13. The van der Waals surface area contributed by atoms with E-state index in [1.165, 1.54) is 38.3 Å². The molecule has 2 N–H and O–H groups in total. The van der Waals surface area contributed by atoms with E-state index in [-0.39, 0.29) is 17.8 Å². The quantitative estimate of drug-likeness (QED) is 0.599. The van der Waals surface area contributed by atoms with Gasteiger partial charge in [0.15, 0.2) is 0 Å². The highest BCUT2D eigenvalue weighted by Crippen LogP contribution is 2.30. The molecular formula is C19H18F4N2O3. The van der Waals surface area contributed by atoms with Crippen LogP contribution in [0.2, 0.25) is 0 Å². The number of carbonyl (C=O) groups is 2. The molecular weight excluding hydrogens is 380 g/mol. The Morgan fingerprint density at radius 1 is 1.04 bits per heavy atom. The van der Waals surface area contributed by atoms with Gasteiger partial charge in [0.1, 0.15) is 11.4 Å². The molecule has 0 spiro atoms. The second kappa shape index (κ2) is 8.39. The highest BCUT2D eigenvalue weighted by molar-refractivity contribution is 6.39. The molecule has 0 unspecified atom stereocenters. The molecule has 0 aliphatic rings. The molecule has 0 aliphatic heterocycles. The molecule has 2 rings (SSSR count). The number of alkyl halides is 3. The SMILES string of the molecule is CO[C@](C)(CNC(=O)C(=O)Nc1cccc(C(F)(F)F)c1)c1ccccc1F. The molecule has 0 fully saturated rings. The fourth-order valence-corrected chi connectivity index (χ4v) is 2.46. The van der Waals surface area contributed by atoms with Gasteiger partial charge < -0.3 is 15.4 Å². The maximum Gasteiger partial charge on any atom is 0.416 e. The minimum atomic E-state index is -4.58. The summed E-state index contributed by atoms with van der Waals surface area (Å²) in [5, 5.41) is 4.39. The van der Waals surface area contributed by atoms with Gasteiger partial charge in [0, 0.05) is 18.4 Å². The van der Waals surface area contributed by atoms with Gasteiger partial charge in [-0.1, -0.05) is 24.3 Å². The van der Waals surface area contributed by atoms with Gasteiger partial charge in [-0.2, -0.15) is 13.2 Å². The zero-order valence-corrected chi connectivity index (χ0v) is 15.1. The van der Waals surface area contributed by atoms with E-state index in [0.29, 0.717) is 6.07 Å². The number of ether oxygens (including phenoxy) is 1. The van der Waals surface area contributed by atoms with Crippen LogP contribution in [0.5, 0.6) is 0 Å². The molecule has 28 heavy (non-hydrogen) atoms. The summed E-state index contributed by atoms with van der Waals surface area (Å²) in [5.74, 6) is -2.81. The Morgan fingerprint density at radius 2 is 1.71 bits per heavy atom. The van der Waals surface area contributed by atoms with Gasteiger partial charge in [0.05, 0.1) is 12.1 Å². The fourth-order valence-electron chi connectivity index (χ4n) is 2.46. The van der Waals surface area contributed by atoms with Crippen LogP contribution in [0.3, 0.4) is 0 Å². The van der Waals surface area contributed by atoms with Crippen molar-refractivity contribution in [2.75, 3.05) is 19.0 Å². The highest BCUT2D eigenvalue weighted by atomic mass is 19.4. The van der Waals surface area contributed by atoms with Crippen molar-refractivity contribution in [3.63, 3.8) is 0 Å². The van der Waals surface area contributed by atoms with Crippen LogP contribution >= 0.6 is 0 Å². The van der Waals surface area contributed by atoms with Crippen molar-refractivity contribution in [3.8, 4) is 0 Å². The molecule has 0 aliphatic carbocycles. The highest BCUT2D eigenvalue weighted by Gasteiger charge is 2.32. The lowest BCUT2D eigenvalue weighted by Gasteiger charge is -2.29. The van der Waals surface area contributed by atoms with Crippen LogP contribution in [-0.2, 0) is 26.1 Å². The third-order valence-corrected chi connectivity index (χ3v) is 4.13. The lowest BCUT2D eigenvalue weighted by molar-refractivity contribution is -0.137. The Bertz CT molecular complexity index is 870. The Hall–Kier alpha value is -2.94. The van der Waals surface area contributed by atoms with E-state index in [1.807, 2.05) is 0 Å². The molecule has 2 amide bonds. The lowest BCUT2D eigenvalue weighted by atomic mass is 9.95. The Balaban J connectivity index is 2.04. The molecule has 0 saturated heterocycles. The van der Waals surface area contributed by atoms with E-state index < -0.39 is 35.0 Å². The summed E-state index contributed by atoms with van der Waals surface area (Å²) in [7, 11) is 1.32. The summed E-state index contributed by atoms with van der Waals surface area (Å²) < 4.78 is 57.4. The summed E-state index contributed by atoms with van der Waals surface area (Å²) >= 11 is 0. The van der Waals surface area contributed by atoms with Crippen molar-refractivity contribution in [3.05, 3.63) is 65.5 Å². The van der Waals surface area contributed by atoms with E-state index in [1.54, 1.807) is 6.07 Å². The molecule has 0 bridgehead atoms. The second-order valence-electron chi connectivity index (χ2n) is 6.13. The molecule has 9 heteroatoms. The normalized spacial score (nSPS) is 13.5.